The van der Waals surface area contributed by atoms with Gasteiger partial charge in [-0.2, -0.15) is 0 Å². The third-order valence-electron chi connectivity index (χ3n) is 3.88. The lowest BCUT2D eigenvalue weighted by atomic mass is 10.1. The highest BCUT2D eigenvalue weighted by molar-refractivity contribution is 5.02. The summed E-state index contributed by atoms with van der Waals surface area (Å²) in [4.78, 5) is 7.49. The third-order valence-corrected chi connectivity index (χ3v) is 3.88. The summed E-state index contributed by atoms with van der Waals surface area (Å²) in [5.41, 5.74) is 1.18. The van der Waals surface area contributed by atoms with Gasteiger partial charge in [-0.25, -0.2) is 0 Å². The molecule has 1 aromatic heterocycles. The number of hydrogen-bond acceptors (Lipinski definition) is 5. The largest absolute Gasteiger partial charge is 0.364 e. The molecule has 0 radical (unpaired) electrons. The van der Waals surface area contributed by atoms with Gasteiger partial charge in [-0.05, 0) is 7.05 Å². The standard InChI is InChI=1S/C12H20N4O/c1-14-2-4-16(5-3-14)12-8-15(9-12)7-11-6-13-17-10-11/h6,10,12H,2-5,7-9H2,1H3. The van der Waals surface area contributed by atoms with Gasteiger partial charge in [-0.15, -0.1) is 0 Å². The fourth-order valence-corrected chi connectivity index (χ4v) is 2.65. The van der Waals surface area contributed by atoms with E-state index in [2.05, 4.69) is 26.9 Å². The fraction of sp³-hybridized carbons (Fsp3) is 0.750. The zero-order chi connectivity index (χ0) is 11.7. The molecule has 17 heavy (non-hydrogen) atoms. The highest BCUT2D eigenvalue weighted by atomic mass is 16.5. The molecule has 0 amide bonds. The molecule has 2 fully saturated rings. The molecule has 0 atom stereocenters. The van der Waals surface area contributed by atoms with Gasteiger partial charge in [0.15, 0.2) is 0 Å². The van der Waals surface area contributed by atoms with E-state index in [0.29, 0.717) is 0 Å². The molecule has 5 nitrogen and oxygen atoms in total. The number of rotatable bonds is 3. The van der Waals surface area contributed by atoms with Crippen LogP contribution in [0.5, 0.6) is 0 Å². The van der Waals surface area contributed by atoms with Crippen LogP contribution in [0.15, 0.2) is 17.0 Å². The Labute approximate surface area is 102 Å². The first-order valence-electron chi connectivity index (χ1n) is 6.34. The Bertz CT molecular complexity index is 339. The number of piperazine rings is 1. The number of likely N-dealkylation sites (tertiary alicyclic amines) is 1. The Morgan fingerprint density at radius 2 is 2.06 bits per heavy atom. The highest BCUT2D eigenvalue weighted by Crippen LogP contribution is 2.18. The third kappa shape index (κ3) is 2.51. The van der Waals surface area contributed by atoms with Crippen molar-refractivity contribution in [1.82, 2.24) is 19.9 Å². The van der Waals surface area contributed by atoms with Crippen LogP contribution in [0, 0.1) is 0 Å². The lowest BCUT2D eigenvalue weighted by Crippen LogP contribution is -2.62. The van der Waals surface area contributed by atoms with Crippen LogP contribution in [-0.4, -0.2) is 72.2 Å². The molecule has 94 valence electrons. The van der Waals surface area contributed by atoms with Gasteiger partial charge in [0.25, 0.3) is 0 Å². The molecule has 1 aromatic rings. The van der Waals surface area contributed by atoms with Gasteiger partial charge in [0, 0.05) is 57.4 Å². The molecule has 0 unspecified atom stereocenters. The molecule has 3 rings (SSSR count). The van der Waals surface area contributed by atoms with E-state index in [1.165, 1.54) is 44.8 Å². The van der Waals surface area contributed by atoms with Crippen LogP contribution >= 0.6 is 0 Å². The maximum absolute atomic E-state index is 4.85. The summed E-state index contributed by atoms with van der Waals surface area (Å²) in [6.07, 6.45) is 3.55. The quantitative estimate of drug-likeness (QED) is 0.744. The first kappa shape index (κ1) is 11.2. The van der Waals surface area contributed by atoms with Gasteiger partial charge in [0.05, 0.1) is 6.20 Å². The predicted octanol–water partition coefficient (Wildman–Crippen LogP) is 0.106. The van der Waals surface area contributed by atoms with E-state index in [1.54, 1.807) is 6.26 Å². The van der Waals surface area contributed by atoms with Crippen LogP contribution in [0.25, 0.3) is 0 Å². The summed E-state index contributed by atoms with van der Waals surface area (Å²) in [5, 5.41) is 3.73. The van der Waals surface area contributed by atoms with E-state index in [0.717, 1.165) is 12.6 Å². The smallest absolute Gasteiger partial charge is 0.128 e. The van der Waals surface area contributed by atoms with Crippen molar-refractivity contribution in [3.63, 3.8) is 0 Å². The van der Waals surface area contributed by atoms with Crippen LogP contribution in [0.4, 0.5) is 0 Å². The Hall–Kier alpha value is -0.910. The fourth-order valence-electron chi connectivity index (χ4n) is 2.65. The van der Waals surface area contributed by atoms with E-state index in [9.17, 15) is 0 Å². The van der Waals surface area contributed by atoms with E-state index in [-0.39, 0.29) is 0 Å². The van der Waals surface area contributed by atoms with Crippen molar-refractivity contribution in [3.8, 4) is 0 Å². The molecule has 0 spiro atoms. The zero-order valence-electron chi connectivity index (χ0n) is 10.4. The molecular weight excluding hydrogens is 216 g/mol. The molecule has 0 aliphatic carbocycles. The molecule has 3 heterocycles. The van der Waals surface area contributed by atoms with Crippen LogP contribution in [0.2, 0.25) is 0 Å². The van der Waals surface area contributed by atoms with Crippen molar-refractivity contribution in [3.05, 3.63) is 18.0 Å². The number of aromatic nitrogens is 1. The Balaban J connectivity index is 1.42. The van der Waals surface area contributed by atoms with Crippen molar-refractivity contribution in [2.75, 3.05) is 46.3 Å². The Morgan fingerprint density at radius 1 is 1.29 bits per heavy atom. The summed E-state index contributed by atoms with van der Waals surface area (Å²) in [5.74, 6) is 0. The normalized spacial score (nSPS) is 25.0. The molecule has 0 N–H and O–H groups in total. The summed E-state index contributed by atoms with van der Waals surface area (Å²) < 4.78 is 4.85. The average molecular weight is 236 g/mol. The summed E-state index contributed by atoms with van der Waals surface area (Å²) in [6.45, 7) is 8.23. The lowest BCUT2D eigenvalue weighted by Gasteiger charge is -2.47. The topological polar surface area (TPSA) is 35.8 Å². The van der Waals surface area contributed by atoms with Crippen molar-refractivity contribution in [2.45, 2.75) is 12.6 Å². The van der Waals surface area contributed by atoms with Crippen LogP contribution in [0.1, 0.15) is 5.56 Å². The Kier molecular flexibility index (Phi) is 3.13. The minimum Gasteiger partial charge on any atom is -0.364 e. The van der Waals surface area contributed by atoms with Crippen LogP contribution < -0.4 is 0 Å². The molecule has 0 aromatic carbocycles. The van der Waals surface area contributed by atoms with Crippen molar-refractivity contribution in [1.29, 1.82) is 0 Å². The maximum atomic E-state index is 4.85. The molecular formula is C12H20N4O. The highest BCUT2D eigenvalue weighted by Gasteiger charge is 2.32. The van der Waals surface area contributed by atoms with Crippen molar-refractivity contribution in [2.24, 2.45) is 0 Å². The minimum atomic E-state index is 0.767. The molecule has 0 saturated carbocycles. The summed E-state index contributed by atoms with van der Waals surface area (Å²) in [6, 6.07) is 0.767. The zero-order valence-corrected chi connectivity index (χ0v) is 10.4. The van der Waals surface area contributed by atoms with E-state index in [1.807, 2.05) is 6.20 Å². The molecule has 2 aliphatic heterocycles. The second-order valence-corrected chi connectivity index (χ2v) is 5.22. The summed E-state index contributed by atoms with van der Waals surface area (Å²) in [7, 11) is 2.20. The lowest BCUT2D eigenvalue weighted by molar-refractivity contribution is 0.00538. The summed E-state index contributed by atoms with van der Waals surface area (Å²) >= 11 is 0. The SMILES string of the molecule is CN1CCN(C2CN(Cc3cnoc3)C2)CC1. The van der Waals surface area contributed by atoms with Gasteiger partial charge < -0.3 is 9.42 Å². The number of likely N-dealkylation sites (N-methyl/N-ethyl adjacent to an activating group) is 1. The van der Waals surface area contributed by atoms with Crippen molar-refractivity contribution >= 4 is 0 Å². The Morgan fingerprint density at radius 3 is 2.71 bits per heavy atom. The van der Waals surface area contributed by atoms with Crippen molar-refractivity contribution < 1.29 is 4.52 Å². The first-order valence-corrected chi connectivity index (χ1v) is 6.34. The van der Waals surface area contributed by atoms with Gasteiger partial charge in [-0.1, -0.05) is 5.16 Å². The molecule has 2 aliphatic rings. The van der Waals surface area contributed by atoms with Gasteiger partial charge in [0.2, 0.25) is 0 Å². The average Bonchev–Trinajstić information content (AvgIpc) is 2.77. The number of nitrogens with zero attached hydrogens (tertiary/aromatic N) is 4. The minimum absolute atomic E-state index is 0.767. The van der Waals surface area contributed by atoms with E-state index >= 15 is 0 Å². The van der Waals surface area contributed by atoms with Crippen LogP contribution in [0.3, 0.4) is 0 Å². The monoisotopic (exact) mass is 236 g/mol. The molecule has 0 bridgehead atoms. The van der Waals surface area contributed by atoms with Gasteiger partial charge in [0.1, 0.15) is 6.26 Å². The second kappa shape index (κ2) is 4.76. The molecule has 2 saturated heterocycles. The number of hydrogen-bond donors (Lipinski definition) is 0. The predicted molar refractivity (Wildman–Crippen MR) is 64.6 cm³/mol. The second-order valence-electron chi connectivity index (χ2n) is 5.22. The maximum Gasteiger partial charge on any atom is 0.128 e. The van der Waals surface area contributed by atoms with Crippen LogP contribution in [-0.2, 0) is 6.54 Å². The van der Waals surface area contributed by atoms with Gasteiger partial charge in [-0.3, -0.25) is 9.80 Å². The first-order chi connectivity index (χ1) is 8.31. The van der Waals surface area contributed by atoms with E-state index in [4.69, 9.17) is 4.52 Å². The molecule has 5 heteroatoms. The van der Waals surface area contributed by atoms with Gasteiger partial charge >= 0.3 is 0 Å². The van der Waals surface area contributed by atoms with E-state index < -0.39 is 0 Å².